The summed E-state index contributed by atoms with van der Waals surface area (Å²) in [6.45, 7) is 0. The van der Waals surface area contributed by atoms with Crippen LogP contribution in [0.15, 0.2) is 0 Å². The molecule has 0 spiro atoms. The fourth-order valence-electron chi connectivity index (χ4n) is 0.619. The van der Waals surface area contributed by atoms with Crippen molar-refractivity contribution in [2.75, 3.05) is 5.32 Å². The Bertz CT molecular complexity index is 398. The first-order valence-corrected chi connectivity index (χ1v) is 5.23. The van der Waals surface area contributed by atoms with Gasteiger partial charge in [-0.1, -0.05) is 34.8 Å². The van der Waals surface area contributed by atoms with Crippen LogP contribution < -0.4 is 5.32 Å². The van der Waals surface area contributed by atoms with E-state index in [4.69, 9.17) is 40.1 Å². The Kier molecular flexibility index (Phi) is 3.96. The number of nitriles is 1. The number of hydrogen-bond donors (Lipinski definition) is 1. The predicted octanol–water partition coefficient (Wildman–Crippen LogP) is 2.41. The van der Waals surface area contributed by atoms with Crippen molar-refractivity contribution in [2.45, 2.75) is 4.84 Å². The van der Waals surface area contributed by atoms with Gasteiger partial charge in [-0.05, 0) is 11.5 Å². The molecule has 0 bridgehead atoms. The van der Waals surface area contributed by atoms with Gasteiger partial charge in [-0.25, -0.2) is 0 Å². The number of carbonyl (C=O) groups is 1. The molecule has 0 aliphatic carbocycles. The highest BCUT2D eigenvalue weighted by Gasteiger charge is 2.17. The van der Waals surface area contributed by atoms with Gasteiger partial charge in [-0.2, -0.15) is 9.64 Å². The lowest BCUT2D eigenvalue weighted by atomic mass is 10.4. The van der Waals surface area contributed by atoms with E-state index >= 15 is 0 Å². The number of anilines is 1. The molecule has 0 saturated heterocycles. The van der Waals surface area contributed by atoms with Gasteiger partial charge in [-0.15, -0.1) is 0 Å². The van der Waals surface area contributed by atoms with Crippen LogP contribution in [0.25, 0.3) is 0 Å². The second-order valence-corrected chi connectivity index (χ2v) is 4.31. The number of amides is 1. The largest absolute Gasteiger partial charge is 0.313 e. The van der Waals surface area contributed by atoms with Crippen LogP contribution >= 0.6 is 46.3 Å². The third kappa shape index (κ3) is 2.49. The van der Waals surface area contributed by atoms with Gasteiger partial charge in [0.2, 0.25) is 0 Å². The molecular formula is C6H2Cl3N3OS. The van der Waals surface area contributed by atoms with Crippen molar-refractivity contribution < 1.29 is 4.79 Å². The zero-order valence-electron chi connectivity index (χ0n) is 6.42. The zero-order chi connectivity index (χ0) is 10.7. The summed E-state index contributed by atoms with van der Waals surface area (Å²) in [5, 5.41) is 11.3. The molecule has 74 valence electrons. The first-order valence-electron chi connectivity index (χ1n) is 3.20. The van der Waals surface area contributed by atoms with Crippen LogP contribution in [0.4, 0.5) is 5.00 Å². The Morgan fingerprint density at radius 3 is 2.79 bits per heavy atom. The fraction of sp³-hybridized carbons (Fsp3) is 0.167. The van der Waals surface area contributed by atoms with Crippen LogP contribution in [0.5, 0.6) is 0 Å². The van der Waals surface area contributed by atoms with Crippen LogP contribution in [-0.4, -0.2) is 15.1 Å². The molecule has 0 unspecified atom stereocenters. The average molecular weight is 271 g/mol. The minimum absolute atomic E-state index is 0.0495. The Morgan fingerprint density at radius 1 is 1.64 bits per heavy atom. The van der Waals surface area contributed by atoms with Gasteiger partial charge in [0.15, 0.2) is 9.99 Å². The summed E-state index contributed by atoms with van der Waals surface area (Å²) >= 11 is 17.1. The Hall–Kier alpha value is -0.540. The molecule has 1 aromatic heterocycles. The molecule has 0 aromatic carbocycles. The van der Waals surface area contributed by atoms with E-state index in [9.17, 15) is 4.79 Å². The van der Waals surface area contributed by atoms with Gasteiger partial charge in [0, 0.05) is 0 Å². The van der Waals surface area contributed by atoms with Gasteiger partial charge in [0.1, 0.15) is 16.6 Å². The predicted molar refractivity (Wildman–Crippen MR) is 56.0 cm³/mol. The first-order chi connectivity index (χ1) is 6.56. The van der Waals surface area contributed by atoms with Crippen LogP contribution in [0, 0.1) is 11.3 Å². The number of nitrogens with zero attached hydrogens (tertiary/aromatic N) is 2. The summed E-state index contributed by atoms with van der Waals surface area (Å²) in [4.78, 5) is 9.85. The zero-order valence-corrected chi connectivity index (χ0v) is 9.51. The van der Waals surface area contributed by atoms with Gasteiger partial charge in [0.05, 0.1) is 0 Å². The van der Waals surface area contributed by atoms with Crippen molar-refractivity contribution in [3.63, 3.8) is 0 Å². The second-order valence-electron chi connectivity index (χ2n) is 2.08. The molecule has 0 atom stereocenters. The highest BCUT2D eigenvalue weighted by molar-refractivity contribution is 7.11. The number of nitrogens with one attached hydrogen (secondary N) is 1. The first kappa shape index (κ1) is 11.5. The molecule has 1 rings (SSSR count). The normalized spacial score (nSPS) is 9.93. The summed E-state index contributed by atoms with van der Waals surface area (Å²) in [7, 11) is 0. The Labute approximate surface area is 98.5 Å². The molecular weight excluding hydrogens is 269 g/mol. The SMILES string of the molecule is N#Cc1c(Cl)nsc1NC(=O)C(Cl)Cl. The number of aromatic nitrogens is 1. The van der Waals surface area contributed by atoms with E-state index in [-0.39, 0.29) is 15.7 Å². The Morgan fingerprint density at radius 2 is 2.29 bits per heavy atom. The number of carbonyl (C=O) groups excluding carboxylic acids is 1. The summed E-state index contributed by atoms with van der Waals surface area (Å²) in [5.41, 5.74) is 0.110. The summed E-state index contributed by atoms with van der Waals surface area (Å²) in [5.74, 6) is -0.620. The molecule has 1 aromatic rings. The molecule has 0 aliphatic heterocycles. The van der Waals surface area contributed by atoms with Gasteiger partial charge in [0.25, 0.3) is 5.91 Å². The van der Waals surface area contributed by atoms with Gasteiger partial charge >= 0.3 is 0 Å². The van der Waals surface area contributed by atoms with E-state index < -0.39 is 10.7 Å². The maximum Gasteiger partial charge on any atom is 0.258 e. The summed E-state index contributed by atoms with van der Waals surface area (Å²) < 4.78 is 3.68. The smallest absolute Gasteiger partial charge is 0.258 e. The third-order valence-corrected chi connectivity index (χ3v) is 2.73. The van der Waals surface area contributed by atoms with Crippen LogP contribution in [0.1, 0.15) is 5.56 Å². The van der Waals surface area contributed by atoms with Crippen molar-refractivity contribution >= 4 is 57.2 Å². The van der Waals surface area contributed by atoms with Crippen molar-refractivity contribution in [1.82, 2.24) is 4.37 Å². The number of hydrogen-bond acceptors (Lipinski definition) is 4. The lowest BCUT2D eigenvalue weighted by Gasteiger charge is -2.01. The number of alkyl halides is 2. The van der Waals surface area contributed by atoms with E-state index in [0.29, 0.717) is 0 Å². The van der Waals surface area contributed by atoms with E-state index in [1.165, 1.54) is 0 Å². The number of halogens is 3. The van der Waals surface area contributed by atoms with Crippen LogP contribution in [0.2, 0.25) is 5.15 Å². The third-order valence-electron chi connectivity index (χ3n) is 1.20. The highest BCUT2D eigenvalue weighted by atomic mass is 35.5. The topological polar surface area (TPSA) is 65.8 Å². The molecule has 0 fully saturated rings. The average Bonchev–Trinajstić information content (AvgIpc) is 2.46. The van der Waals surface area contributed by atoms with Crippen LogP contribution in [0.3, 0.4) is 0 Å². The monoisotopic (exact) mass is 269 g/mol. The lowest BCUT2D eigenvalue weighted by molar-refractivity contribution is -0.114. The fourth-order valence-corrected chi connectivity index (χ4v) is 1.67. The van der Waals surface area contributed by atoms with Crippen molar-refractivity contribution in [2.24, 2.45) is 0 Å². The van der Waals surface area contributed by atoms with Crippen molar-refractivity contribution in [3.8, 4) is 6.07 Å². The molecule has 8 heteroatoms. The minimum Gasteiger partial charge on any atom is -0.313 e. The van der Waals surface area contributed by atoms with Crippen molar-refractivity contribution in [1.29, 1.82) is 5.26 Å². The molecule has 0 saturated carbocycles. The van der Waals surface area contributed by atoms with E-state index in [1.807, 2.05) is 0 Å². The van der Waals surface area contributed by atoms with Gasteiger partial charge < -0.3 is 5.32 Å². The van der Waals surface area contributed by atoms with Crippen molar-refractivity contribution in [3.05, 3.63) is 10.7 Å². The molecule has 1 amide bonds. The maximum atomic E-state index is 11.0. The molecule has 14 heavy (non-hydrogen) atoms. The minimum atomic E-state index is -1.19. The molecule has 1 N–H and O–H groups in total. The number of rotatable bonds is 2. The summed E-state index contributed by atoms with van der Waals surface area (Å²) in [6.07, 6.45) is 0. The van der Waals surface area contributed by atoms with Crippen LogP contribution in [-0.2, 0) is 4.79 Å². The molecule has 1 heterocycles. The standard InChI is InChI=1S/C6H2Cl3N3OS/c7-3(8)5(13)11-6-2(1-10)4(9)12-14-6/h3H,(H,11,13). The quantitative estimate of drug-likeness (QED) is 0.839. The highest BCUT2D eigenvalue weighted by Crippen LogP contribution is 2.27. The lowest BCUT2D eigenvalue weighted by Crippen LogP contribution is -2.18. The second kappa shape index (κ2) is 4.80. The van der Waals surface area contributed by atoms with E-state index in [0.717, 1.165) is 11.5 Å². The molecule has 4 nitrogen and oxygen atoms in total. The van der Waals surface area contributed by atoms with E-state index in [2.05, 4.69) is 9.69 Å². The molecule has 0 radical (unpaired) electrons. The van der Waals surface area contributed by atoms with E-state index in [1.54, 1.807) is 6.07 Å². The summed E-state index contributed by atoms with van der Waals surface area (Å²) in [6, 6.07) is 1.80. The molecule has 0 aliphatic rings. The Balaban J connectivity index is 2.88. The maximum absolute atomic E-state index is 11.0. The van der Waals surface area contributed by atoms with Gasteiger partial charge in [-0.3, -0.25) is 4.79 Å².